The molecule has 0 fully saturated rings. The third-order valence-corrected chi connectivity index (χ3v) is 3.00. The molecular formula is C15H20O4. The summed E-state index contributed by atoms with van der Waals surface area (Å²) < 4.78 is 10.0. The monoisotopic (exact) mass is 264 g/mol. The van der Waals surface area contributed by atoms with Crippen LogP contribution < -0.4 is 0 Å². The first-order valence-electron chi connectivity index (χ1n) is 6.38. The van der Waals surface area contributed by atoms with Gasteiger partial charge >= 0.3 is 11.9 Å². The van der Waals surface area contributed by atoms with Gasteiger partial charge in [0.15, 0.2) is 5.41 Å². The van der Waals surface area contributed by atoms with Crippen LogP contribution in [-0.2, 0) is 24.5 Å². The Morgan fingerprint density at radius 1 is 1.00 bits per heavy atom. The van der Waals surface area contributed by atoms with Crippen LogP contribution in [0.15, 0.2) is 24.3 Å². The Morgan fingerprint density at radius 2 is 1.42 bits per heavy atom. The van der Waals surface area contributed by atoms with Gasteiger partial charge in [-0.15, -0.1) is 0 Å². The number of hydrogen-bond donors (Lipinski definition) is 0. The second-order valence-corrected chi connectivity index (χ2v) is 4.43. The van der Waals surface area contributed by atoms with Gasteiger partial charge in [0.2, 0.25) is 0 Å². The predicted octanol–water partition coefficient (Wildman–Crippen LogP) is 2.38. The topological polar surface area (TPSA) is 52.6 Å². The van der Waals surface area contributed by atoms with E-state index in [1.54, 1.807) is 26.0 Å². The van der Waals surface area contributed by atoms with Gasteiger partial charge < -0.3 is 9.47 Å². The molecular weight excluding hydrogens is 244 g/mol. The number of hydrogen-bond acceptors (Lipinski definition) is 4. The number of carbonyl (C=O) groups is 2. The summed E-state index contributed by atoms with van der Waals surface area (Å²) in [4.78, 5) is 24.3. The Labute approximate surface area is 113 Å². The van der Waals surface area contributed by atoms with Crippen molar-refractivity contribution >= 4 is 11.9 Å². The van der Waals surface area contributed by atoms with Crippen molar-refractivity contribution in [3.05, 3.63) is 35.4 Å². The fraction of sp³-hybridized carbons (Fsp3) is 0.467. The first-order valence-corrected chi connectivity index (χ1v) is 6.38. The molecule has 0 spiro atoms. The van der Waals surface area contributed by atoms with Crippen LogP contribution in [0.5, 0.6) is 0 Å². The summed E-state index contributed by atoms with van der Waals surface area (Å²) >= 11 is 0. The fourth-order valence-electron chi connectivity index (χ4n) is 1.76. The van der Waals surface area contributed by atoms with E-state index in [1.165, 1.54) is 6.92 Å². The largest absolute Gasteiger partial charge is 0.465 e. The molecule has 0 heterocycles. The zero-order chi connectivity index (χ0) is 14.5. The molecule has 0 radical (unpaired) electrons. The minimum atomic E-state index is -1.42. The Morgan fingerprint density at radius 3 is 1.79 bits per heavy atom. The number of ether oxygens (including phenoxy) is 2. The molecule has 0 atom stereocenters. The van der Waals surface area contributed by atoms with Crippen molar-refractivity contribution in [3.63, 3.8) is 0 Å². The molecule has 4 heteroatoms. The third kappa shape index (κ3) is 3.13. The molecule has 0 aliphatic carbocycles. The Kier molecular flexibility index (Phi) is 5.10. The van der Waals surface area contributed by atoms with Gasteiger partial charge in [0.05, 0.1) is 13.2 Å². The lowest BCUT2D eigenvalue weighted by atomic mass is 9.82. The van der Waals surface area contributed by atoms with E-state index >= 15 is 0 Å². The lowest BCUT2D eigenvalue weighted by Gasteiger charge is -2.25. The van der Waals surface area contributed by atoms with Crippen molar-refractivity contribution in [1.82, 2.24) is 0 Å². The average Bonchev–Trinajstić information content (AvgIpc) is 2.39. The minimum absolute atomic E-state index is 0.222. The van der Waals surface area contributed by atoms with E-state index in [2.05, 4.69) is 0 Å². The highest BCUT2D eigenvalue weighted by Gasteiger charge is 2.45. The number of benzene rings is 1. The number of rotatable bonds is 5. The maximum Gasteiger partial charge on any atom is 0.327 e. The van der Waals surface area contributed by atoms with E-state index in [9.17, 15) is 9.59 Å². The van der Waals surface area contributed by atoms with E-state index in [-0.39, 0.29) is 13.2 Å². The molecule has 4 nitrogen and oxygen atoms in total. The highest BCUT2D eigenvalue weighted by molar-refractivity contribution is 6.05. The molecule has 0 aliphatic heterocycles. The summed E-state index contributed by atoms with van der Waals surface area (Å²) in [6.45, 7) is 7.33. The fourth-order valence-corrected chi connectivity index (χ4v) is 1.76. The Balaban J connectivity index is 3.21. The van der Waals surface area contributed by atoms with Crippen LogP contribution >= 0.6 is 0 Å². The third-order valence-electron chi connectivity index (χ3n) is 3.00. The zero-order valence-corrected chi connectivity index (χ0v) is 11.9. The molecule has 1 aromatic carbocycles. The van der Waals surface area contributed by atoms with Crippen LogP contribution in [0.3, 0.4) is 0 Å². The van der Waals surface area contributed by atoms with Crippen LogP contribution in [0, 0.1) is 6.92 Å². The molecule has 0 bridgehead atoms. The van der Waals surface area contributed by atoms with Crippen LogP contribution in [0.1, 0.15) is 31.9 Å². The van der Waals surface area contributed by atoms with Crippen molar-refractivity contribution in [3.8, 4) is 0 Å². The van der Waals surface area contributed by atoms with E-state index < -0.39 is 17.4 Å². The lowest BCUT2D eigenvalue weighted by molar-refractivity contribution is -0.163. The van der Waals surface area contributed by atoms with Gasteiger partial charge in [0.1, 0.15) is 0 Å². The molecule has 19 heavy (non-hydrogen) atoms. The molecule has 0 saturated heterocycles. The predicted molar refractivity (Wildman–Crippen MR) is 71.8 cm³/mol. The van der Waals surface area contributed by atoms with Gasteiger partial charge in [-0.05, 0) is 33.3 Å². The normalized spacial score (nSPS) is 10.9. The second kappa shape index (κ2) is 6.36. The lowest BCUT2D eigenvalue weighted by Crippen LogP contribution is -2.43. The highest BCUT2D eigenvalue weighted by atomic mass is 16.6. The van der Waals surface area contributed by atoms with Crippen molar-refractivity contribution in [1.29, 1.82) is 0 Å². The molecule has 0 amide bonds. The van der Waals surface area contributed by atoms with Crippen LogP contribution in [0.2, 0.25) is 0 Å². The minimum Gasteiger partial charge on any atom is -0.465 e. The van der Waals surface area contributed by atoms with Crippen molar-refractivity contribution in [2.75, 3.05) is 13.2 Å². The summed E-state index contributed by atoms with van der Waals surface area (Å²) in [5.74, 6) is -1.17. The average molecular weight is 264 g/mol. The maximum absolute atomic E-state index is 12.1. The van der Waals surface area contributed by atoms with Gasteiger partial charge in [-0.1, -0.05) is 29.8 Å². The number of esters is 2. The number of aryl methyl sites for hydroxylation is 1. The van der Waals surface area contributed by atoms with E-state index in [4.69, 9.17) is 9.47 Å². The zero-order valence-electron chi connectivity index (χ0n) is 11.9. The SMILES string of the molecule is CCOC(=O)C(C)(C(=O)OCC)c1ccc(C)cc1. The molecule has 0 unspecified atom stereocenters. The van der Waals surface area contributed by atoms with Crippen molar-refractivity contribution in [2.24, 2.45) is 0 Å². The summed E-state index contributed by atoms with van der Waals surface area (Å²) in [6.07, 6.45) is 0. The van der Waals surface area contributed by atoms with Crippen LogP contribution in [0.4, 0.5) is 0 Å². The van der Waals surface area contributed by atoms with Crippen molar-refractivity contribution < 1.29 is 19.1 Å². The Bertz CT molecular complexity index is 430. The molecule has 0 aromatic heterocycles. The molecule has 0 aliphatic rings. The quantitative estimate of drug-likeness (QED) is 0.605. The molecule has 104 valence electrons. The van der Waals surface area contributed by atoms with E-state index in [0.717, 1.165) is 5.56 Å². The van der Waals surface area contributed by atoms with Gasteiger partial charge in [-0.3, -0.25) is 9.59 Å². The van der Waals surface area contributed by atoms with E-state index in [1.807, 2.05) is 19.1 Å². The molecule has 1 rings (SSSR count). The standard InChI is InChI=1S/C15H20O4/c1-5-18-13(16)15(4,14(17)19-6-2)12-9-7-11(3)8-10-12/h7-10H,5-6H2,1-4H3. The second-order valence-electron chi connectivity index (χ2n) is 4.43. The van der Waals surface area contributed by atoms with Gasteiger partial charge in [-0.25, -0.2) is 0 Å². The van der Waals surface area contributed by atoms with Gasteiger partial charge in [-0.2, -0.15) is 0 Å². The van der Waals surface area contributed by atoms with E-state index in [0.29, 0.717) is 5.56 Å². The first kappa shape index (κ1) is 15.2. The summed E-state index contributed by atoms with van der Waals surface area (Å²) in [5.41, 5.74) is 0.216. The van der Waals surface area contributed by atoms with Crippen LogP contribution in [0.25, 0.3) is 0 Å². The molecule has 0 saturated carbocycles. The van der Waals surface area contributed by atoms with Crippen LogP contribution in [-0.4, -0.2) is 25.2 Å². The highest BCUT2D eigenvalue weighted by Crippen LogP contribution is 2.27. The summed E-state index contributed by atoms with van der Waals surface area (Å²) in [6, 6.07) is 7.21. The Hall–Kier alpha value is -1.84. The van der Waals surface area contributed by atoms with Gasteiger partial charge in [0, 0.05) is 0 Å². The summed E-state index contributed by atoms with van der Waals surface area (Å²) in [7, 11) is 0. The number of carbonyl (C=O) groups excluding carboxylic acids is 2. The first-order chi connectivity index (χ1) is 8.96. The molecule has 1 aromatic rings. The molecule has 0 N–H and O–H groups in total. The smallest absolute Gasteiger partial charge is 0.327 e. The summed E-state index contributed by atoms with van der Waals surface area (Å²) in [5, 5.41) is 0. The van der Waals surface area contributed by atoms with Crippen molar-refractivity contribution in [2.45, 2.75) is 33.1 Å². The van der Waals surface area contributed by atoms with Gasteiger partial charge in [0.25, 0.3) is 0 Å². The maximum atomic E-state index is 12.1.